The highest BCUT2D eigenvalue weighted by atomic mass is 16.3. The summed E-state index contributed by atoms with van der Waals surface area (Å²) in [5, 5.41) is 32.6. The van der Waals surface area contributed by atoms with Crippen LogP contribution in [-0.4, -0.2) is 106 Å². The van der Waals surface area contributed by atoms with E-state index >= 15 is 0 Å². The summed E-state index contributed by atoms with van der Waals surface area (Å²) in [6.07, 6.45) is 7.07. The SMILES string of the molecule is C=O.CCO.Oc1c(CN2CCN(c3ccccn3)CC2)ccc2cccnc12.Oc1cccc2cccnc12.c1ccc(N2CCNCC2)nc1. The molecular weight excluding hydrogens is 656 g/mol. The molecule has 0 aliphatic carbocycles. The van der Waals surface area contributed by atoms with Gasteiger partial charge in [0.25, 0.3) is 0 Å². The summed E-state index contributed by atoms with van der Waals surface area (Å²) >= 11 is 0. The predicted molar refractivity (Wildman–Crippen MR) is 208 cm³/mol. The fourth-order valence-corrected chi connectivity index (χ4v) is 5.74. The largest absolute Gasteiger partial charge is 0.506 e. The molecule has 52 heavy (non-hydrogen) atoms. The number of carbonyl (C=O) groups excluding carboxylic acids is 1. The Hall–Kier alpha value is -5.69. The molecule has 2 fully saturated rings. The van der Waals surface area contributed by atoms with Crippen molar-refractivity contribution < 1.29 is 20.1 Å². The Bertz CT molecular complexity index is 1880. The third-order valence-electron chi connectivity index (χ3n) is 8.27. The molecule has 2 aliphatic rings. The van der Waals surface area contributed by atoms with Gasteiger partial charge < -0.3 is 35.2 Å². The van der Waals surface area contributed by atoms with E-state index < -0.39 is 0 Å². The number of nitrogens with zero attached hydrogens (tertiary/aromatic N) is 7. The van der Waals surface area contributed by atoms with Crippen LogP contribution in [0.25, 0.3) is 21.8 Å². The molecular formula is C40H48N8O4. The van der Waals surface area contributed by atoms with E-state index in [1.54, 1.807) is 31.5 Å². The number of phenols is 2. The number of aliphatic hydroxyl groups excluding tert-OH is 1. The molecule has 2 aromatic carbocycles. The van der Waals surface area contributed by atoms with Crippen molar-refractivity contribution >= 4 is 40.2 Å². The van der Waals surface area contributed by atoms with Gasteiger partial charge in [0.05, 0.1) is 0 Å². The van der Waals surface area contributed by atoms with Crippen LogP contribution >= 0.6 is 0 Å². The molecule has 12 nitrogen and oxygen atoms in total. The van der Waals surface area contributed by atoms with E-state index in [4.69, 9.17) is 9.90 Å². The number of nitrogens with one attached hydrogen (secondary N) is 1. The standard InChI is InChI=1S/C19H20N4O.C9H13N3.C9H7NO.C2H6O.CH2O/c24-19-16(7-6-15-4-3-9-21-18(15)19)14-22-10-12-23(13-11-22)17-5-1-2-8-20-17;1-2-4-11-9(3-1)12-7-5-10-6-8-12;11-8-5-1-3-7-4-2-6-10-9(7)8;1-2-3;1-2/h1-9,24H,10-14H2;1-4,10H,5-8H2;1-6,11H;3H,2H2,1H3;1H2. The van der Waals surface area contributed by atoms with Gasteiger partial charge in [0.15, 0.2) is 0 Å². The van der Waals surface area contributed by atoms with Crippen LogP contribution in [0, 0.1) is 0 Å². The van der Waals surface area contributed by atoms with Crippen molar-refractivity contribution in [3.8, 4) is 11.5 Å². The van der Waals surface area contributed by atoms with Crippen molar-refractivity contribution in [1.29, 1.82) is 0 Å². The number of pyridine rings is 4. The molecule has 6 aromatic rings. The van der Waals surface area contributed by atoms with Gasteiger partial charge in [-0.15, -0.1) is 0 Å². The van der Waals surface area contributed by atoms with Gasteiger partial charge in [0, 0.05) is 107 Å². The van der Waals surface area contributed by atoms with Crippen molar-refractivity contribution in [2.45, 2.75) is 13.5 Å². The Morgan fingerprint density at radius 3 is 1.69 bits per heavy atom. The average Bonchev–Trinajstić information content (AvgIpc) is 3.22. The normalized spacial score (nSPS) is 14.0. The summed E-state index contributed by atoms with van der Waals surface area (Å²) in [5.41, 5.74) is 2.28. The molecule has 4 aromatic heterocycles. The maximum Gasteiger partial charge on any atom is 0.146 e. The van der Waals surface area contributed by atoms with Crippen molar-refractivity contribution in [2.75, 3.05) is 68.8 Å². The Morgan fingerprint density at radius 2 is 1.13 bits per heavy atom. The number of rotatable bonds is 4. The first kappa shape index (κ1) is 39.1. The highest BCUT2D eigenvalue weighted by molar-refractivity contribution is 5.85. The molecule has 0 unspecified atom stereocenters. The zero-order chi connectivity index (χ0) is 37.0. The van der Waals surface area contributed by atoms with Crippen molar-refractivity contribution in [1.82, 2.24) is 30.2 Å². The highest BCUT2D eigenvalue weighted by Crippen LogP contribution is 2.28. The van der Waals surface area contributed by atoms with Crippen molar-refractivity contribution in [3.05, 3.63) is 121 Å². The maximum absolute atomic E-state index is 10.5. The first-order chi connectivity index (χ1) is 25.6. The first-order valence-electron chi connectivity index (χ1n) is 17.3. The minimum atomic E-state index is 0.239. The Labute approximate surface area is 305 Å². The number of carbonyl (C=O) groups is 1. The van der Waals surface area contributed by atoms with Gasteiger partial charge in [-0.25, -0.2) is 9.97 Å². The van der Waals surface area contributed by atoms with Crippen LogP contribution < -0.4 is 15.1 Å². The number of aliphatic hydroxyl groups is 1. The second-order valence-corrected chi connectivity index (χ2v) is 11.7. The molecule has 4 N–H and O–H groups in total. The number of hydrogen-bond acceptors (Lipinski definition) is 12. The number of phenolic OH excluding ortho intramolecular Hbond substituents is 2. The summed E-state index contributed by atoms with van der Waals surface area (Å²) < 4.78 is 0. The second-order valence-electron chi connectivity index (χ2n) is 11.7. The van der Waals surface area contributed by atoms with Crippen LogP contribution in [0.5, 0.6) is 11.5 Å². The zero-order valence-electron chi connectivity index (χ0n) is 29.6. The van der Waals surface area contributed by atoms with Gasteiger partial charge in [0.2, 0.25) is 0 Å². The van der Waals surface area contributed by atoms with E-state index in [9.17, 15) is 10.2 Å². The first-order valence-corrected chi connectivity index (χ1v) is 17.3. The topological polar surface area (TPSA) is 151 Å². The van der Waals surface area contributed by atoms with Crippen LogP contribution in [-0.2, 0) is 11.3 Å². The number of aromatic hydroxyl groups is 2. The number of hydrogen-bond donors (Lipinski definition) is 4. The fraction of sp³-hybridized carbons (Fsp3) is 0.275. The molecule has 6 heterocycles. The van der Waals surface area contributed by atoms with Crippen LogP contribution in [0.1, 0.15) is 12.5 Å². The van der Waals surface area contributed by atoms with E-state index in [2.05, 4.69) is 52.1 Å². The number of piperazine rings is 2. The average molecular weight is 705 g/mol. The zero-order valence-corrected chi connectivity index (χ0v) is 29.6. The molecule has 0 bridgehead atoms. The van der Waals surface area contributed by atoms with Gasteiger partial charge in [-0.3, -0.25) is 14.9 Å². The van der Waals surface area contributed by atoms with E-state index in [0.717, 1.165) is 86.9 Å². The predicted octanol–water partition coefficient (Wildman–Crippen LogP) is 4.90. The molecule has 0 spiro atoms. The number of aromatic nitrogens is 4. The molecule has 12 heteroatoms. The molecule has 2 saturated heterocycles. The lowest BCUT2D eigenvalue weighted by atomic mass is 10.1. The van der Waals surface area contributed by atoms with Crippen molar-refractivity contribution in [2.24, 2.45) is 0 Å². The lowest BCUT2D eigenvalue weighted by Gasteiger charge is -2.35. The van der Waals surface area contributed by atoms with Crippen LogP contribution in [0.15, 0.2) is 116 Å². The molecule has 0 atom stereocenters. The van der Waals surface area contributed by atoms with Gasteiger partial charge >= 0.3 is 0 Å². The van der Waals surface area contributed by atoms with Gasteiger partial charge in [-0.05, 0) is 49.4 Å². The molecule has 272 valence electrons. The van der Waals surface area contributed by atoms with Crippen molar-refractivity contribution in [3.63, 3.8) is 0 Å². The maximum atomic E-state index is 10.5. The highest BCUT2D eigenvalue weighted by Gasteiger charge is 2.19. The van der Waals surface area contributed by atoms with Gasteiger partial charge in [-0.1, -0.05) is 48.5 Å². The van der Waals surface area contributed by atoms with Crippen LogP contribution in [0.3, 0.4) is 0 Å². The van der Waals surface area contributed by atoms with E-state index in [-0.39, 0.29) is 12.4 Å². The molecule has 0 amide bonds. The van der Waals surface area contributed by atoms with Gasteiger partial charge in [0.1, 0.15) is 41.0 Å². The monoisotopic (exact) mass is 704 g/mol. The number of para-hydroxylation sites is 1. The summed E-state index contributed by atoms with van der Waals surface area (Å²) in [7, 11) is 0. The Morgan fingerprint density at radius 1 is 0.615 bits per heavy atom. The third kappa shape index (κ3) is 11.4. The fourth-order valence-electron chi connectivity index (χ4n) is 5.74. The summed E-state index contributed by atoms with van der Waals surface area (Å²) in [6, 6.07) is 29.1. The summed E-state index contributed by atoms with van der Waals surface area (Å²) in [5.74, 6) is 2.68. The smallest absolute Gasteiger partial charge is 0.146 e. The van der Waals surface area contributed by atoms with Gasteiger partial charge in [-0.2, -0.15) is 0 Å². The lowest BCUT2D eigenvalue weighted by molar-refractivity contribution is -0.0980. The molecule has 8 rings (SSSR count). The van der Waals surface area contributed by atoms with E-state index in [1.165, 1.54) is 0 Å². The minimum absolute atomic E-state index is 0.239. The van der Waals surface area contributed by atoms with Crippen LogP contribution in [0.2, 0.25) is 0 Å². The number of anilines is 2. The summed E-state index contributed by atoms with van der Waals surface area (Å²) in [4.78, 5) is 32.0. The Balaban J connectivity index is 0.000000181. The molecule has 0 radical (unpaired) electrons. The van der Waals surface area contributed by atoms with Crippen LogP contribution in [0.4, 0.5) is 11.6 Å². The second kappa shape index (κ2) is 21.5. The Kier molecular flexibility index (Phi) is 16.2. The van der Waals surface area contributed by atoms with E-state index in [0.29, 0.717) is 16.8 Å². The van der Waals surface area contributed by atoms with E-state index in [1.807, 2.05) is 85.9 Å². The summed E-state index contributed by atoms with van der Waals surface area (Å²) in [6.45, 7) is 12.7. The molecule has 0 saturated carbocycles. The molecule has 2 aliphatic heterocycles. The third-order valence-corrected chi connectivity index (χ3v) is 8.27. The number of fused-ring (bicyclic) bond motifs is 2. The number of benzene rings is 2. The lowest BCUT2D eigenvalue weighted by Crippen LogP contribution is -2.46. The quantitative estimate of drug-likeness (QED) is 0.198. The minimum Gasteiger partial charge on any atom is -0.506 e.